The minimum absolute atomic E-state index is 0.427. The summed E-state index contributed by atoms with van der Waals surface area (Å²) in [6.45, 7) is 5.24. The Morgan fingerprint density at radius 2 is 2.39 bits per heavy atom. The number of carboxylic acid groups (broad SMARTS) is 1. The van der Waals surface area contributed by atoms with Crippen molar-refractivity contribution in [2.45, 2.75) is 45.7 Å². The molecule has 1 fully saturated rings. The molecule has 6 heteroatoms. The van der Waals surface area contributed by atoms with E-state index in [0.29, 0.717) is 30.6 Å². The lowest BCUT2D eigenvalue weighted by Gasteiger charge is -2.34. The largest absolute Gasteiger partial charge is 0.480 e. The van der Waals surface area contributed by atoms with Gasteiger partial charge in [-0.1, -0.05) is 19.0 Å². The number of carbonyl (C=O) groups is 1. The summed E-state index contributed by atoms with van der Waals surface area (Å²) < 4.78 is 5.12. The van der Waals surface area contributed by atoms with Crippen molar-refractivity contribution >= 4 is 5.97 Å². The Bertz CT molecular complexity index is 418. The maximum Gasteiger partial charge on any atom is 0.320 e. The molecule has 2 rings (SSSR count). The first-order chi connectivity index (χ1) is 8.60. The van der Waals surface area contributed by atoms with Gasteiger partial charge < -0.3 is 9.63 Å². The van der Waals surface area contributed by atoms with Crippen LogP contribution in [0, 0.1) is 5.92 Å². The molecular formula is C12H19N3O3. The summed E-state index contributed by atoms with van der Waals surface area (Å²) >= 11 is 0. The summed E-state index contributed by atoms with van der Waals surface area (Å²) in [6.07, 6.45) is 2.42. The van der Waals surface area contributed by atoms with E-state index in [0.717, 1.165) is 19.4 Å². The summed E-state index contributed by atoms with van der Waals surface area (Å²) in [5.41, 5.74) is 0. The van der Waals surface area contributed by atoms with Gasteiger partial charge in [0.05, 0.1) is 6.54 Å². The summed E-state index contributed by atoms with van der Waals surface area (Å²) in [7, 11) is 0. The molecule has 0 spiro atoms. The number of rotatable bonds is 4. The normalized spacial score (nSPS) is 25.2. The topological polar surface area (TPSA) is 79.5 Å². The lowest BCUT2D eigenvalue weighted by Crippen LogP contribution is -2.46. The predicted octanol–water partition coefficient (Wildman–Crippen LogP) is 1.32. The van der Waals surface area contributed by atoms with Gasteiger partial charge in [0.15, 0.2) is 5.82 Å². The SMILES string of the molecule is CCc1noc(CN2CCC(C)CC2C(=O)O)n1. The lowest BCUT2D eigenvalue weighted by molar-refractivity contribution is -0.145. The van der Waals surface area contributed by atoms with Crippen molar-refractivity contribution in [2.75, 3.05) is 6.54 Å². The van der Waals surface area contributed by atoms with E-state index in [1.807, 2.05) is 11.8 Å². The third-order valence-electron chi connectivity index (χ3n) is 3.43. The molecule has 1 aromatic heterocycles. The van der Waals surface area contributed by atoms with Crippen LogP contribution in [-0.2, 0) is 17.8 Å². The van der Waals surface area contributed by atoms with Crippen molar-refractivity contribution in [2.24, 2.45) is 5.92 Å². The second-order valence-corrected chi connectivity index (χ2v) is 4.91. The Morgan fingerprint density at radius 3 is 3.00 bits per heavy atom. The summed E-state index contributed by atoms with van der Waals surface area (Å²) in [5, 5.41) is 13.1. The Labute approximate surface area is 106 Å². The zero-order valence-corrected chi connectivity index (χ0v) is 10.8. The number of hydrogen-bond donors (Lipinski definition) is 1. The first-order valence-electron chi connectivity index (χ1n) is 6.38. The lowest BCUT2D eigenvalue weighted by atomic mass is 9.92. The number of aliphatic carboxylic acids is 1. The highest BCUT2D eigenvalue weighted by Crippen LogP contribution is 2.24. The standard InChI is InChI=1S/C12H19N3O3/c1-3-10-13-11(18-14-10)7-15-5-4-8(2)6-9(15)12(16)17/h8-9H,3-7H2,1-2H3,(H,16,17). The Balaban J connectivity index is 2.04. The second-order valence-electron chi connectivity index (χ2n) is 4.91. The molecule has 0 amide bonds. The van der Waals surface area contributed by atoms with Crippen molar-refractivity contribution in [1.29, 1.82) is 0 Å². The molecule has 18 heavy (non-hydrogen) atoms. The molecule has 1 aromatic rings. The number of aryl methyl sites for hydroxylation is 1. The maximum atomic E-state index is 11.3. The van der Waals surface area contributed by atoms with Crippen LogP contribution in [-0.4, -0.2) is 38.7 Å². The number of piperidine rings is 1. The van der Waals surface area contributed by atoms with Crippen LogP contribution in [0.15, 0.2) is 4.52 Å². The predicted molar refractivity (Wildman–Crippen MR) is 63.9 cm³/mol. The van der Waals surface area contributed by atoms with Gasteiger partial charge in [-0.2, -0.15) is 4.98 Å². The van der Waals surface area contributed by atoms with Gasteiger partial charge in [-0.25, -0.2) is 0 Å². The zero-order valence-electron chi connectivity index (χ0n) is 10.8. The van der Waals surface area contributed by atoms with E-state index in [9.17, 15) is 9.90 Å². The van der Waals surface area contributed by atoms with Crippen molar-refractivity contribution in [3.63, 3.8) is 0 Å². The first-order valence-corrected chi connectivity index (χ1v) is 6.38. The molecule has 2 atom stereocenters. The van der Waals surface area contributed by atoms with Crippen molar-refractivity contribution in [3.8, 4) is 0 Å². The highest BCUT2D eigenvalue weighted by molar-refractivity contribution is 5.73. The van der Waals surface area contributed by atoms with Crippen LogP contribution in [0.3, 0.4) is 0 Å². The zero-order chi connectivity index (χ0) is 13.1. The van der Waals surface area contributed by atoms with Gasteiger partial charge in [0.1, 0.15) is 6.04 Å². The molecule has 100 valence electrons. The fourth-order valence-electron chi connectivity index (χ4n) is 2.31. The number of hydrogen-bond acceptors (Lipinski definition) is 5. The molecule has 1 aliphatic heterocycles. The maximum absolute atomic E-state index is 11.3. The van der Waals surface area contributed by atoms with Gasteiger partial charge in [-0.15, -0.1) is 0 Å². The molecule has 0 bridgehead atoms. The summed E-state index contributed by atoms with van der Waals surface area (Å²) in [5.74, 6) is 0.864. The van der Waals surface area contributed by atoms with E-state index in [-0.39, 0.29) is 0 Å². The van der Waals surface area contributed by atoms with Crippen LogP contribution in [0.1, 0.15) is 38.4 Å². The van der Waals surface area contributed by atoms with E-state index in [2.05, 4.69) is 17.1 Å². The minimum atomic E-state index is -0.767. The summed E-state index contributed by atoms with van der Waals surface area (Å²) in [6, 6.07) is -0.439. The molecular weight excluding hydrogens is 234 g/mol. The number of aromatic nitrogens is 2. The molecule has 0 aliphatic carbocycles. The molecule has 1 aliphatic rings. The highest BCUT2D eigenvalue weighted by atomic mass is 16.5. The molecule has 2 unspecified atom stereocenters. The van der Waals surface area contributed by atoms with Crippen LogP contribution >= 0.6 is 0 Å². The van der Waals surface area contributed by atoms with E-state index in [1.54, 1.807) is 0 Å². The van der Waals surface area contributed by atoms with E-state index >= 15 is 0 Å². The Hall–Kier alpha value is -1.43. The molecule has 1 N–H and O–H groups in total. The van der Waals surface area contributed by atoms with Crippen LogP contribution < -0.4 is 0 Å². The van der Waals surface area contributed by atoms with Gasteiger partial charge in [-0.3, -0.25) is 9.69 Å². The third-order valence-corrected chi connectivity index (χ3v) is 3.43. The van der Waals surface area contributed by atoms with Crippen LogP contribution in [0.25, 0.3) is 0 Å². The smallest absolute Gasteiger partial charge is 0.320 e. The Morgan fingerprint density at radius 1 is 1.61 bits per heavy atom. The monoisotopic (exact) mass is 253 g/mol. The highest BCUT2D eigenvalue weighted by Gasteiger charge is 2.32. The van der Waals surface area contributed by atoms with Gasteiger partial charge in [0.25, 0.3) is 0 Å². The van der Waals surface area contributed by atoms with Gasteiger partial charge >= 0.3 is 5.97 Å². The van der Waals surface area contributed by atoms with Gasteiger partial charge in [-0.05, 0) is 25.3 Å². The number of carboxylic acids is 1. The van der Waals surface area contributed by atoms with Crippen molar-refractivity contribution in [1.82, 2.24) is 15.0 Å². The second kappa shape index (κ2) is 5.48. The van der Waals surface area contributed by atoms with Gasteiger partial charge in [0.2, 0.25) is 5.89 Å². The molecule has 0 radical (unpaired) electrons. The van der Waals surface area contributed by atoms with Crippen molar-refractivity contribution in [3.05, 3.63) is 11.7 Å². The molecule has 2 heterocycles. The summed E-state index contributed by atoms with van der Waals surface area (Å²) in [4.78, 5) is 17.4. The van der Waals surface area contributed by atoms with E-state index < -0.39 is 12.0 Å². The minimum Gasteiger partial charge on any atom is -0.480 e. The fourth-order valence-corrected chi connectivity index (χ4v) is 2.31. The molecule has 0 aromatic carbocycles. The average molecular weight is 253 g/mol. The number of nitrogens with zero attached hydrogens (tertiary/aromatic N) is 3. The van der Waals surface area contributed by atoms with Crippen molar-refractivity contribution < 1.29 is 14.4 Å². The average Bonchev–Trinajstić information content (AvgIpc) is 2.79. The fraction of sp³-hybridized carbons (Fsp3) is 0.750. The van der Waals surface area contributed by atoms with Crippen LogP contribution in [0.5, 0.6) is 0 Å². The van der Waals surface area contributed by atoms with E-state index in [4.69, 9.17) is 4.52 Å². The van der Waals surface area contributed by atoms with E-state index in [1.165, 1.54) is 0 Å². The quantitative estimate of drug-likeness (QED) is 0.871. The third kappa shape index (κ3) is 2.87. The molecule has 1 saturated heterocycles. The van der Waals surface area contributed by atoms with Crippen LogP contribution in [0.2, 0.25) is 0 Å². The first kappa shape index (κ1) is 13.0. The molecule has 6 nitrogen and oxygen atoms in total. The number of likely N-dealkylation sites (tertiary alicyclic amines) is 1. The molecule has 0 saturated carbocycles. The Kier molecular flexibility index (Phi) is 3.96. The van der Waals surface area contributed by atoms with Gasteiger partial charge in [0, 0.05) is 6.42 Å². The van der Waals surface area contributed by atoms with Crippen LogP contribution in [0.4, 0.5) is 0 Å².